The molecule has 1 atom stereocenters. The summed E-state index contributed by atoms with van der Waals surface area (Å²) in [6, 6.07) is 3.76. The molecule has 9 nitrogen and oxygen atoms in total. The minimum Gasteiger partial charge on any atom is -0.493 e. The fraction of sp³-hybridized carbons (Fsp3) is 0.714. The van der Waals surface area contributed by atoms with E-state index in [1.807, 2.05) is 37.9 Å². The molecule has 1 aromatic carbocycles. The molecule has 0 bridgehead atoms. The fourth-order valence-electron chi connectivity index (χ4n) is 5.03. The molecule has 2 saturated heterocycles. The molecule has 1 aromatic heterocycles. The van der Waals surface area contributed by atoms with E-state index in [0.717, 1.165) is 31.4 Å². The number of anilines is 2. The second kappa shape index (κ2) is 13.7. The summed E-state index contributed by atoms with van der Waals surface area (Å²) < 4.78 is 45.3. The van der Waals surface area contributed by atoms with Crippen LogP contribution in [-0.2, 0) is 4.74 Å². The number of nitrogens with one attached hydrogen (secondary N) is 2. The van der Waals surface area contributed by atoms with E-state index in [-0.39, 0.29) is 38.2 Å². The van der Waals surface area contributed by atoms with E-state index in [1.54, 1.807) is 7.11 Å². The van der Waals surface area contributed by atoms with Crippen molar-refractivity contribution in [1.82, 2.24) is 20.2 Å². The summed E-state index contributed by atoms with van der Waals surface area (Å²) in [5, 5.41) is 7.52. The number of rotatable bonds is 14. The molecule has 11 heteroatoms. The molecule has 0 unspecified atom stereocenters. The second-order valence-corrected chi connectivity index (χ2v) is 10.7. The van der Waals surface area contributed by atoms with Gasteiger partial charge in [-0.2, -0.15) is 4.98 Å². The van der Waals surface area contributed by atoms with E-state index in [1.165, 1.54) is 12.8 Å². The van der Waals surface area contributed by atoms with Gasteiger partial charge in [-0.05, 0) is 59.3 Å². The minimum absolute atomic E-state index is 0.118. The van der Waals surface area contributed by atoms with Crippen molar-refractivity contribution in [3.8, 4) is 11.5 Å². The molecule has 2 aliphatic heterocycles. The van der Waals surface area contributed by atoms with Gasteiger partial charge in [-0.3, -0.25) is 0 Å². The summed E-state index contributed by atoms with van der Waals surface area (Å²) in [5.41, 5.74) is 0.670. The zero-order valence-electron chi connectivity index (χ0n) is 23.8. The molecule has 4 rings (SSSR count). The van der Waals surface area contributed by atoms with Crippen molar-refractivity contribution in [3.05, 3.63) is 12.1 Å². The van der Waals surface area contributed by atoms with Crippen LogP contribution >= 0.6 is 0 Å². The quantitative estimate of drug-likeness (QED) is 0.261. The standard InChI is InChI=1S/C28H44F2N6O3/c1-20(2)38-17-8-25(31-3)33-26-21-18-23(37-4)24(39-16-7-13-35-11-5-6-12-35)19-22(21)32-27(34-26)36-14-9-28(29,30)10-15-36/h18-20,25,31H,5-17H2,1-4H3,(H,32,33,34)/t25-/m0/s1. The van der Waals surface area contributed by atoms with Crippen molar-refractivity contribution in [2.45, 2.75) is 70.6 Å². The lowest BCUT2D eigenvalue weighted by molar-refractivity contribution is -0.0222. The van der Waals surface area contributed by atoms with Gasteiger partial charge in [0.2, 0.25) is 5.95 Å². The molecule has 0 radical (unpaired) electrons. The minimum atomic E-state index is -2.65. The number of methoxy groups -OCH3 is 1. The van der Waals surface area contributed by atoms with Crippen LogP contribution in [0.5, 0.6) is 11.5 Å². The topological polar surface area (TPSA) is 84.0 Å². The molecule has 3 heterocycles. The Hall–Kier alpha value is -2.50. The molecule has 218 valence electrons. The van der Waals surface area contributed by atoms with E-state index in [2.05, 4.69) is 15.5 Å². The third-order valence-electron chi connectivity index (χ3n) is 7.34. The van der Waals surface area contributed by atoms with Crippen LogP contribution in [-0.4, -0.2) is 93.2 Å². The first-order valence-electron chi connectivity index (χ1n) is 14.2. The summed E-state index contributed by atoms with van der Waals surface area (Å²) in [4.78, 5) is 13.9. The van der Waals surface area contributed by atoms with Gasteiger partial charge in [0.1, 0.15) is 5.82 Å². The van der Waals surface area contributed by atoms with Crippen LogP contribution in [0.3, 0.4) is 0 Å². The number of alkyl halides is 2. The maximum Gasteiger partial charge on any atom is 0.251 e. The highest BCUT2D eigenvalue weighted by Crippen LogP contribution is 2.37. The molecule has 2 aromatic rings. The van der Waals surface area contributed by atoms with Crippen LogP contribution in [0.25, 0.3) is 10.9 Å². The summed E-state index contributed by atoms with van der Waals surface area (Å²) in [5.74, 6) is -0.396. The highest BCUT2D eigenvalue weighted by atomic mass is 19.3. The summed E-state index contributed by atoms with van der Waals surface area (Å²) >= 11 is 0. The maximum atomic E-state index is 13.9. The Bertz CT molecular complexity index is 1060. The highest BCUT2D eigenvalue weighted by Gasteiger charge is 2.35. The number of benzene rings is 1. The van der Waals surface area contributed by atoms with Crippen LogP contribution in [0.15, 0.2) is 12.1 Å². The van der Waals surface area contributed by atoms with E-state index in [0.29, 0.717) is 48.4 Å². The SMILES string of the molecule is CN[C@H](CCOC(C)C)Nc1nc(N2CCC(F)(F)CC2)nc2cc(OCCCN3CCCC3)c(OC)cc12. The Morgan fingerprint density at radius 3 is 2.44 bits per heavy atom. The van der Waals surface area contributed by atoms with Crippen LogP contribution in [0.4, 0.5) is 20.5 Å². The van der Waals surface area contributed by atoms with Gasteiger partial charge in [0.15, 0.2) is 11.5 Å². The number of aromatic nitrogens is 2. The molecule has 2 fully saturated rings. The van der Waals surface area contributed by atoms with Gasteiger partial charge in [0, 0.05) is 50.3 Å². The van der Waals surface area contributed by atoms with Gasteiger partial charge in [0.05, 0.1) is 38.1 Å². The Kier molecular flexibility index (Phi) is 10.4. The average Bonchev–Trinajstić information content (AvgIpc) is 3.43. The summed E-state index contributed by atoms with van der Waals surface area (Å²) in [6.07, 6.45) is 3.77. The molecule has 0 amide bonds. The van der Waals surface area contributed by atoms with Gasteiger partial charge in [-0.25, -0.2) is 13.8 Å². The number of hydrogen-bond donors (Lipinski definition) is 2. The predicted molar refractivity (Wildman–Crippen MR) is 150 cm³/mol. The van der Waals surface area contributed by atoms with Crippen LogP contribution in [0.1, 0.15) is 52.4 Å². The normalized spacial score (nSPS) is 18.6. The van der Waals surface area contributed by atoms with Gasteiger partial charge < -0.3 is 34.6 Å². The Morgan fingerprint density at radius 2 is 1.77 bits per heavy atom. The number of ether oxygens (including phenoxy) is 3. The monoisotopic (exact) mass is 550 g/mol. The lowest BCUT2D eigenvalue weighted by Crippen LogP contribution is -2.40. The fourth-order valence-corrected chi connectivity index (χ4v) is 5.03. The Morgan fingerprint density at radius 1 is 1.03 bits per heavy atom. The third-order valence-corrected chi connectivity index (χ3v) is 7.34. The molecular formula is C28H44F2N6O3. The van der Waals surface area contributed by atoms with Gasteiger partial charge >= 0.3 is 0 Å². The number of piperidine rings is 1. The zero-order valence-corrected chi connectivity index (χ0v) is 23.8. The average molecular weight is 551 g/mol. The van der Waals surface area contributed by atoms with Crippen LogP contribution < -0.4 is 25.0 Å². The van der Waals surface area contributed by atoms with Crippen molar-refractivity contribution < 1.29 is 23.0 Å². The number of halogens is 2. The number of fused-ring (bicyclic) bond motifs is 1. The molecular weight excluding hydrogens is 506 g/mol. The van der Waals surface area contributed by atoms with E-state index in [9.17, 15) is 8.78 Å². The molecule has 0 spiro atoms. The Labute approximate surface area is 230 Å². The molecule has 0 aliphatic carbocycles. The number of likely N-dealkylation sites (tertiary alicyclic amines) is 1. The summed E-state index contributed by atoms with van der Waals surface area (Å²) in [7, 11) is 3.49. The van der Waals surface area contributed by atoms with E-state index < -0.39 is 5.92 Å². The number of hydrogen-bond acceptors (Lipinski definition) is 9. The predicted octanol–water partition coefficient (Wildman–Crippen LogP) is 4.51. The van der Waals surface area contributed by atoms with Crippen molar-refractivity contribution in [1.29, 1.82) is 0 Å². The Balaban J connectivity index is 1.59. The molecule has 2 aliphatic rings. The van der Waals surface area contributed by atoms with Crippen molar-refractivity contribution >= 4 is 22.7 Å². The largest absolute Gasteiger partial charge is 0.493 e. The van der Waals surface area contributed by atoms with Gasteiger partial charge in [-0.1, -0.05) is 0 Å². The van der Waals surface area contributed by atoms with E-state index >= 15 is 0 Å². The first-order chi connectivity index (χ1) is 18.8. The first-order valence-corrected chi connectivity index (χ1v) is 14.2. The van der Waals surface area contributed by atoms with Gasteiger partial charge in [-0.15, -0.1) is 0 Å². The summed E-state index contributed by atoms with van der Waals surface area (Å²) in [6.45, 7) is 8.90. The zero-order chi connectivity index (χ0) is 27.8. The molecule has 2 N–H and O–H groups in total. The smallest absolute Gasteiger partial charge is 0.251 e. The first kappa shape index (κ1) is 29.5. The van der Waals surface area contributed by atoms with Crippen molar-refractivity contribution in [2.75, 3.05) is 70.3 Å². The van der Waals surface area contributed by atoms with Crippen LogP contribution in [0.2, 0.25) is 0 Å². The van der Waals surface area contributed by atoms with Crippen molar-refractivity contribution in [3.63, 3.8) is 0 Å². The second-order valence-electron chi connectivity index (χ2n) is 10.7. The molecule has 0 saturated carbocycles. The van der Waals surface area contributed by atoms with Crippen molar-refractivity contribution in [2.24, 2.45) is 0 Å². The third kappa shape index (κ3) is 8.25. The molecule has 39 heavy (non-hydrogen) atoms. The van der Waals surface area contributed by atoms with E-state index in [4.69, 9.17) is 24.2 Å². The van der Waals surface area contributed by atoms with Crippen LogP contribution in [0, 0.1) is 0 Å². The van der Waals surface area contributed by atoms with Gasteiger partial charge in [0.25, 0.3) is 5.92 Å². The lowest BCUT2D eigenvalue weighted by Gasteiger charge is -2.32. The maximum absolute atomic E-state index is 13.9. The lowest BCUT2D eigenvalue weighted by atomic mass is 10.1. The number of nitrogens with zero attached hydrogens (tertiary/aromatic N) is 4. The highest BCUT2D eigenvalue weighted by molar-refractivity contribution is 5.93.